The summed E-state index contributed by atoms with van der Waals surface area (Å²) < 4.78 is 0. The number of hydrogen-bond donors (Lipinski definition) is 2. The van der Waals surface area contributed by atoms with Crippen LogP contribution in [0.3, 0.4) is 0 Å². The van der Waals surface area contributed by atoms with Gasteiger partial charge in [0.15, 0.2) is 0 Å². The normalized spacial score (nSPS) is 12.8. The molecule has 1 heterocycles. The average Bonchev–Trinajstić information content (AvgIpc) is 2.74. The highest BCUT2D eigenvalue weighted by Crippen LogP contribution is 2.19. The second-order valence-electron chi connectivity index (χ2n) is 4.36. The number of carbonyl (C=O) groups is 1. The monoisotopic (exact) mass is 256 g/mol. The Kier molecular flexibility index (Phi) is 5.58. The molecule has 0 radical (unpaired) electrons. The average molecular weight is 256 g/mol. The number of carbonyl (C=O) groups excluding carboxylic acids is 1. The topological polar surface area (TPSA) is 62.2 Å². The maximum absolute atomic E-state index is 11.7. The molecule has 1 aromatic rings. The third-order valence-electron chi connectivity index (χ3n) is 2.48. The van der Waals surface area contributed by atoms with Crippen LogP contribution in [0, 0.1) is 0 Å². The third-order valence-corrected chi connectivity index (χ3v) is 3.68. The Balaban J connectivity index is 2.50. The zero-order chi connectivity index (χ0) is 12.8. The molecule has 1 rings (SSSR count). The Bertz CT molecular complexity index is 359. The van der Waals surface area contributed by atoms with Crippen LogP contribution >= 0.6 is 11.3 Å². The Morgan fingerprint density at radius 1 is 1.59 bits per heavy atom. The van der Waals surface area contributed by atoms with Gasteiger partial charge >= 0.3 is 0 Å². The summed E-state index contributed by atoms with van der Waals surface area (Å²) >= 11 is 1.59. The molecule has 17 heavy (non-hydrogen) atoms. The van der Waals surface area contributed by atoms with Crippen LogP contribution in [0.25, 0.3) is 0 Å². The maximum Gasteiger partial charge on any atom is 0.226 e. The van der Waals surface area contributed by atoms with Crippen molar-refractivity contribution in [1.82, 2.24) is 10.3 Å². The summed E-state index contributed by atoms with van der Waals surface area (Å²) in [5, 5.41) is 14.8. The fraction of sp³-hybridized carbons (Fsp3) is 0.667. The van der Waals surface area contributed by atoms with Gasteiger partial charge in [-0.25, -0.2) is 4.98 Å². The van der Waals surface area contributed by atoms with Gasteiger partial charge < -0.3 is 10.4 Å². The van der Waals surface area contributed by atoms with Crippen LogP contribution in [0.15, 0.2) is 5.38 Å². The van der Waals surface area contributed by atoms with Crippen LogP contribution in [0.1, 0.15) is 43.8 Å². The number of rotatable bonds is 6. The highest BCUT2D eigenvalue weighted by Gasteiger charge is 2.12. The lowest BCUT2D eigenvalue weighted by atomic mass is 10.2. The molecule has 0 spiro atoms. The molecule has 0 aromatic carbocycles. The SMILES string of the molecule is CCC(CO)NC(=O)Cc1csc(C(C)C)n1. The molecule has 2 N–H and O–H groups in total. The molecule has 1 atom stereocenters. The van der Waals surface area contributed by atoms with Crippen LogP contribution in [0.5, 0.6) is 0 Å². The van der Waals surface area contributed by atoms with E-state index >= 15 is 0 Å². The Labute approximate surface area is 106 Å². The van der Waals surface area contributed by atoms with E-state index in [9.17, 15) is 4.79 Å². The predicted molar refractivity (Wildman–Crippen MR) is 69.2 cm³/mol. The van der Waals surface area contributed by atoms with Crippen LogP contribution in [-0.2, 0) is 11.2 Å². The first-order valence-corrected chi connectivity index (χ1v) is 6.79. The first kappa shape index (κ1) is 14.1. The molecular formula is C12H20N2O2S. The zero-order valence-corrected chi connectivity index (χ0v) is 11.4. The second kappa shape index (κ2) is 6.71. The van der Waals surface area contributed by atoms with Crippen molar-refractivity contribution in [2.45, 2.75) is 45.6 Å². The first-order valence-electron chi connectivity index (χ1n) is 5.91. The van der Waals surface area contributed by atoms with Crippen molar-refractivity contribution in [3.63, 3.8) is 0 Å². The Morgan fingerprint density at radius 2 is 2.29 bits per heavy atom. The first-order chi connectivity index (χ1) is 8.06. The number of aliphatic hydroxyl groups excluding tert-OH is 1. The molecule has 4 nitrogen and oxygen atoms in total. The van der Waals surface area contributed by atoms with E-state index < -0.39 is 0 Å². The van der Waals surface area contributed by atoms with Crippen molar-refractivity contribution in [1.29, 1.82) is 0 Å². The lowest BCUT2D eigenvalue weighted by Gasteiger charge is -2.13. The number of amides is 1. The highest BCUT2D eigenvalue weighted by molar-refractivity contribution is 7.09. The number of thiazole rings is 1. The van der Waals surface area contributed by atoms with Crippen molar-refractivity contribution >= 4 is 17.2 Å². The van der Waals surface area contributed by atoms with Crippen molar-refractivity contribution < 1.29 is 9.90 Å². The number of aromatic nitrogens is 1. The summed E-state index contributed by atoms with van der Waals surface area (Å²) in [7, 11) is 0. The Hall–Kier alpha value is -0.940. The van der Waals surface area contributed by atoms with Gasteiger partial charge in [0.05, 0.1) is 29.8 Å². The minimum Gasteiger partial charge on any atom is -0.394 e. The molecule has 0 bridgehead atoms. The standard InChI is InChI=1S/C12H20N2O2S/c1-4-9(6-15)13-11(16)5-10-7-17-12(14-10)8(2)3/h7-9,15H,4-6H2,1-3H3,(H,13,16). The van der Waals surface area contributed by atoms with E-state index in [4.69, 9.17) is 5.11 Å². The highest BCUT2D eigenvalue weighted by atomic mass is 32.1. The van der Waals surface area contributed by atoms with Gasteiger partial charge in [-0.05, 0) is 6.42 Å². The summed E-state index contributed by atoms with van der Waals surface area (Å²) in [5.41, 5.74) is 0.809. The molecule has 0 saturated carbocycles. The molecule has 5 heteroatoms. The molecule has 96 valence electrons. The van der Waals surface area contributed by atoms with Crippen LogP contribution in [-0.4, -0.2) is 28.6 Å². The zero-order valence-electron chi connectivity index (χ0n) is 10.6. The molecule has 0 aliphatic heterocycles. The van der Waals surface area contributed by atoms with Crippen molar-refractivity contribution in [2.75, 3.05) is 6.61 Å². The van der Waals surface area contributed by atoms with E-state index in [0.717, 1.165) is 17.1 Å². The minimum absolute atomic E-state index is 0.0173. The maximum atomic E-state index is 11.7. The van der Waals surface area contributed by atoms with Crippen molar-refractivity contribution in [3.8, 4) is 0 Å². The van der Waals surface area contributed by atoms with E-state index in [1.807, 2.05) is 12.3 Å². The minimum atomic E-state index is -0.147. The van der Waals surface area contributed by atoms with E-state index in [0.29, 0.717) is 12.3 Å². The number of hydrogen-bond acceptors (Lipinski definition) is 4. The van der Waals surface area contributed by atoms with Gasteiger partial charge in [-0.2, -0.15) is 0 Å². The van der Waals surface area contributed by atoms with Gasteiger partial charge in [-0.3, -0.25) is 4.79 Å². The quantitative estimate of drug-likeness (QED) is 0.814. The van der Waals surface area contributed by atoms with E-state index in [1.54, 1.807) is 11.3 Å². The summed E-state index contributed by atoms with van der Waals surface area (Å²) in [6.45, 7) is 6.08. The number of nitrogens with one attached hydrogen (secondary N) is 1. The second-order valence-corrected chi connectivity index (χ2v) is 5.25. The molecule has 0 aliphatic carbocycles. The molecule has 1 aromatic heterocycles. The lowest BCUT2D eigenvalue weighted by Crippen LogP contribution is -2.37. The molecule has 0 saturated heterocycles. The Morgan fingerprint density at radius 3 is 2.76 bits per heavy atom. The fourth-order valence-corrected chi connectivity index (χ4v) is 2.22. The smallest absolute Gasteiger partial charge is 0.226 e. The van der Waals surface area contributed by atoms with E-state index in [-0.39, 0.29) is 18.6 Å². The molecule has 0 aliphatic rings. The third kappa shape index (κ3) is 4.44. The largest absolute Gasteiger partial charge is 0.394 e. The van der Waals surface area contributed by atoms with Gasteiger partial charge in [0.2, 0.25) is 5.91 Å². The van der Waals surface area contributed by atoms with Crippen LogP contribution in [0.4, 0.5) is 0 Å². The lowest BCUT2D eigenvalue weighted by molar-refractivity contribution is -0.121. The molecule has 0 fully saturated rings. The molecule has 1 unspecified atom stereocenters. The molecule has 1 amide bonds. The van der Waals surface area contributed by atoms with E-state index in [2.05, 4.69) is 24.1 Å². The van der Waals surface area contributed by atoms with Gasteiger partial charge in [0, 0.05) is 11.3 Å². The van der Waals surface area contributed by atoms with E-state index in [1.165, 1.54) is 0 Å². The van der Waals surface area contributed by atoms with Crippen molar-refractivity contribution in [3.05, 3.63) is 16.1 Å². The molecular weight excluding hydrogens is 236 g/mol. The van der Waals surface area contributed by atoms with Gasteiger partial charge in [-0.15, -0.1) is 11.3 Å². The van der Waals surface area contributed by atoms with Gasteiger partial charge in [0.25, 0.3) is 0 Å². The summed E-state index contributed by atoms with van der Waals surface area (Å²) in [6, 6.07) is -0.147. The van der Waals surface area contributed by atoms with Crippen LogP contribution < -0.4 is 5.32 Å². The summed E-state index contributed by atoms with van der Waals surface area (Å²) in [5.74, 6) is 0.323. The number of aliphatic hydroxyl groups is 1. The van der Waals surface area contributed by atoms with Gasteiger partial charge in [0.1, 0.15) is 0 Å². The fourth-order valence-electron chi connectivity index (χ4n) is 1.39. The van der Waals surface area contributed by atoms with Crippen LogP contribution in [0.2, 0.25) is 0 Å². The van der Waals surface area contributed by atoms with Gasteiger partial charge in [-0.1, -0.05) is 20.8 Å². The predicted octanol–water partition coefficient (Wildman–Crippen LogP) is 1.70. The summed E-state index contributed by atoms with van der Waals surface area (Å²) in [4.78, 5) is 16.1. The summed E-state index contributed by atoms with van der Waals surface area (Å²) in [6.07, 6.45) is 1.02. The number of nitrogens with zero attached hydrogens (tertiary/aromatic N) is 1. The van der Waals surface area contributed by atoms with Crippen molar-refractivity contribution in [2.24, 2.45) is 0 Å².